The highest BCUT2D eigenvalue weighted by Gasteiger charge is 2.15. The van der Waals surface area contributed by atoms with E-state index in [4.69, 9.17) is 11.6 Å². The minimum Gasteiger partial charge on any atom is -0.493 e. The average molecular weight is 320 g/mol. The van der Waals surface area contributed by atoms with Gasteiger partial charge in [0.05, 0.1) is 0 Å². The van der Waals surface area contributed by atoms with Gasteiger partial charge in [-0.15, -0.1) is 11.3 Å². The SMILES string of the molecule is Cc1csc(-c2nc(O)c(-c3ccc(Cl)cc3)c(=O)[nH]2)n1. The predicted molar refractivity (Wildman–Crippen MR) is 82.8 cm³/mol. The van der Waals surface area contributed by atoms with Crippen molar-refractivity contribution in [2.45, 2.75) is 6.92 Å². The van der Waals surface area contributed by atoms with Crippen LogP contribution in [-0.4, -0.2) is 20.1 Å². The molecular formula is C14H10ClN3O2S. The summed E-state index contributed by atoms with van der Waals surface area (Å²) in [6, 6.07) is 6.60. The molecule has 0 fully saturated rings. The molecule has 0 radical (unpaired) electrons. The molecule has 0 atom stereocenters. The zero-order valence-corrected chi connectivity index (χ0v) is 12.5. The molecular weight excluding hydrogens is 310 g/mol. The standard InChI is InChI=1S/C14H10ClN3O2S/c1-7-6-21-14(16-7)11-17-12(19)10(13(20)18-11)8-2-4-9(15)5-3-8/h2-6H,1H3,(H2,17,18,19,20). The number of thiazole rings is 1. The molecule has 1 aromatic carbocycles. The highest BCUT2D eigenvalue weighted by molar-refractivity contribution is 7.13. The highest BCUT2D eigenvalue weighted by Crippen LogP contribution is 2.27. The lowest BCUT2D eigenvalue weighted by Gasteiger charge is -2.05. The Morgan fingerprint density at radius 2 is 1.95 bits per heavy atom. The lowest BCUT2D eigenvalue weighted by Crippen LogP contribution is -2.12. The third kappa shape index (κ3) is 2.68. The second-order valence-corrected chi connectivity index (χ2v) is 5.71. The van der Waals surface area contributed by atoms with E-state index in [1.165, 1.54) is 11.3 Å². The van der Waals surface area contributed by atoms with E-state index in [9.17, 15) is 9.90 Å². The van der Waals surface area contributed by atoms with Crippen molar-refractivity contribution >= 4 is 22.9 Å². The number of aromatic hydroxyl groups is 1. The minimum absolute atomic E-state index is 0.115. The van der Waals surface area contributed by atoms with Crippen LogP contribution in [0.4, 0.5) is 0 Å². The highest BCUT2D eigenvalue weighted by atomic mass is 35.5. The molecule has 106 valence electrons. The summed E-state index contributed by atoms with van der Waals surface area (Å²) in [4.78, 5) is 23.1. The molecule has 3 aromatic rings. The van der Waals surface area contributed by atoms with Crippen molar-refractivity contribution in [3.05, 3.63) is 50.7 Å². The van der Waals surface area contributed by atoms with Gasteiger partial charge in [-0.05, 0) is 24.6 Å². The monoisotopic (exact) mass is 319 g/mol. The molecule has 0 saturated heterocycles. The molecule has 0 aliphatic rings. The van der Waals surface area contributed by atoms with Crippen LogP contribution in [0.15, 0.2) is 34.4 Å². The van der Waals surface area contributed by atoms with Gasteiger partial charge in [0.15, 0.2) is 10.8 Å². The molecule has 0 aliphatic carbocycles. The largest absolute Gasteiger partial charge is 0.493 e. The Morgan fingerprint density at radius 1 is 1.24 bits per heavy atom. The first-order valence-electron chi connectivity index (χ1n) is 6.06. The maximum Gasteiger partial charge on any atom is 0.263 e. The maximum absolute atomic E-state index is 12.2. The fourth-order valence-corrected chi connectivity index (χ4v) is 2.77. The molecule has 0 spiro atoms. The van der Waals surface area contributed by atoms with Crippen LogP contribution in [0, 0.1) is 6.92 Å². The Balaban J connectivity index is 2.12. The Kier molecular flexibility index (Phi) is 3.48. The lowest BCUT2D eigenvalue weighted by atomic mass is 10.1. The summed E-state index contributed by atoms with van der Waals surface area (Å²) in [6.45, 7) is 1.85. The molecule has 2 N–H and O–H groups in total. The summed E-state index contributed by atoms with van der Waals surface area (Å²) < 4.78 is 0. The van der Waals surface area contributed by atoms with Crippen molar-refractivity contribution in [3.63, 3.8) is 0 Å². The maximum atomic E-state index is 12.2. The zero-order chi connectivity index (χ0) is 15.0. The number of benzene rings is 1. The van der Waals surface area contributed by atoms with Gasteiger partial charge in [-0.3, -0.25) is 4.79 Å². The molecule has 21 heavy (non-hydrogen) atoms. The molecule has 7 heteroatoms. The Morgan fingerprint density at radius 3 is 2.52 bits per heavy atom. The Bertz CT molecular complexity index is 855. The van der Waals surface area contributed by atoms with E-state index < -0.39 is 5.56 Å². The van der Waals surface area contributed by atoms with Crippen LogP contribution >= 0.6 is 22.9 Å². The van der Waals surface area contributed by atoms with Crippen molar-refractivity contribution in [1.82, 2.24) is 15.0 Å². The second kappa shape index (κ2) is 5.31. The van der Waals surface area contributed by atoms with Crippen molar-refractivity contribution in [3.8, 4) is 27.8 Å². The van der Waals surface area contributed by atoms with Crippen LogP contribution < -0.4 is 5.56 Å². The topological polar surface area (TPSA) is 78.9 Å². The third-order valence-electron chi connectivity index (χ3n) is 2.85. The van der Waals surface area contributed by atoms with E-state index in [1.54, 1.807) is 24.3 Å². The summed E-state index contributed by atoms with van der Waals surface area (Å²) in [6.07, 6.45) is 0. The van der Waals surface area contributed by atoms with Gasteiger partial charge in [-0.2, -0.15) is 4.98 Å². The van der Waals surface area contributed by atoms with Crippen molar-refractivity contribution in [2.24, 2.45) is 0 Å². The minimum atomic E-state index is -0.423. The smallest absolute Gasteiger partial charge is 0.263 e. The van der Waals surface area contributed by atoms with Gasteiger partial charge in [0.1, 0.15) is 5.56 Å². The summed E-state index contributed by atoms with van der Waals surface area (Å²) in [5.41, 5.74) is 1.07. The molecule has 0 bridgehead atoms. The first-order valence-corrected chi connectivity index (χ1v) is 7.32. The lowest BCUT2D eigenvalue weighted by molar-refractivity contribution is 0.454. The van der Waals surface area contributed by atoms with Crippen LogP contribution in [0.25, 0.3) is 22.0 Å². The molecule has 0 amide bonds. The van der Waals surface area contributed by atoms with Crippen molar-refractivity contribution < 1.29 is 5.11 Å². The summed E-state index contributed by atoms with van der Waals surface area (Å²) >= 11 is 7.17. The number of hydrogen-bond donors (Lipinski definition) is 2. The Labute approximate surface area is 128 Å². The normalized spacial score (nSPS) is 10.8. The number of aromatic amines is 1. The summed E-state index contributed by atoms with van der Waals surface area (Å²) in [5, 5.41) is 13.0. The van der Waals surface area contributed by atoms with E-state index >= 15 is 0 Å². The third-order valence-corrected chi connectivity index (χ3v) is 4.07. The number of aryl methyl sites for hydroxylation is 1. The number of H-pyrrole nitrogens is 1. The van der Waals surface area contributed by atoms with Gasteiger partial charge in [0.2, 0.25) is 5.88 Å². The van der Waals surface area contributed by atoms with Gasteiger partial charge in [-0.25, -0.2) is 4.98 Å². The molecule has 5 nitrogen and oxygen atoms in total. The van der Waals surface area contributed by atoms with Crippen LogP contribution in [0.2, 0.25) is 5.02 Å². The number of halogens is 1. The van der Waals surface area contributed by atoms with Crippen molar-refractivity contribution in [1.29, 1.82) is 0 Å². The second-order valence-electron chi connectivity index (χ2n) is 4.41. The van der Waals surface area contributed by atoms with Crippen LogP contribution in [0.1, 0.15) is 5.69 Å². The van der Waals surface area contributed by atoms with E-state index in [1.807, 2.05) is 12.3 Å². The fourth-order valence-electron chi connectivity index (χ4n) is 1.90. The van der Waals surface area contributed by atoms with Crippen LogP contribution in [0.3, 0.4) is 0 Å². The van der Waals surface area contributed by atoms with Crippen LogP contribution in [-0.2, 0) is 0 Å². The predicted octanol–water partition coefficient (Wildman–Crippen LogP) is 3.23. The van der Waals surface area contributed by atoms with Gasteiger partial charge in [0, 0.05) is 16.1 Å². The Hall–Kier alpha value is -2.18. The van der Waals surface area contributed by atoms with E-state index in [0.29, 0.717) is 15.6 Å². The summed E-state index contributed by atoms with van der Waals surface area (Å²) in [5.74, 6) is -0.0720. The molecule has 0 unspecified atom stereocenters. The molecule has 3 rings (SSSR count). The molecule has 2 heterocycles. The number of aromatic nitrogens is 3. The van der Waals surface area contributed by atoms with Gasteiger partial charge in [0.25, 0.3) is 5.56 Å². The molecule has 2 aromatic heterocycles. The molecule has 0 saturated carbocycles. The first-order chi connectivity index (χ1) is 10.0. The quantitative estimate of drug-likeness (QED) is 0.760. The number of hydrogen-bond acceptors (Lipinski definition) is 5. The fraction of sp³-hybridized carbons (Fsp3) is 0.0714. The number of nitrogens with zero attached hydrogens (tertiary/aromatic N) is 2. The summed E-state index contributed by atoms with van der Waals surface area (Å²) in [7, 11) is 0. The van der Waals surface area contributed by atoms with Gasteiger partial charge in [-0.1, -0.05) is 23.7 Å². The van der Waals surface area contributed by atoms with E-state index in [0.717, 1.165) is 5.69 Å². The van der Waals surface area contributed by atoms with E-state index in [-0.39, 0.29) is 17.3 Å². The van der Waals surface area contributed by atoms with Crippen LogP contribution in [0.5, 0.6) is 5.88 Å². The van der Waals surface area contributed by atoms with Gasteiger partial charge < -0.3 is 10.1 Å². The molecule has 0 aliphatic heterocycles. The zero-order valence-electron chi connectivity index (χ0n) is 10.9. The van der Waals surface area contributed by atoms with Crippen molar-refractivity contribution in [2.75, 3.05) is 0 Å². The van der Waals surface area contributed by atoms with E-state index in [2.05, 4.69) is 15.0 Å². The van der Waals surface area contributed by atoms with Gasteiger partial charge >= 0.3 is 0 Å². The average Bonchev–Trinajstić information content (AvgIpc) is 2.87. The number of rotatable bonds is 2. The first kappa shape index (κ1) is 13.8. The number of nitrogens with one attached hydrogen (secondary N) is 1.